The van der Waals surface area contributed by atoms with Crippen molar-refractivity contribution in [2.75, 3.05) is 38.4 Å². The molecule has 5 N–H and O–H groups in total. The van der Waals surface area contributed by atoms with Crippen molar-refractivity contribution in [3.05, 3.63) is 66.6 Å². The van der Waals surface area contributed by atoms with Crippen molar-refractivity contribution in [2.45, 2.75) is 32.2 Å². The highest BCUT2D eigenvalue weighted by molar-refractivity contribution is 5.94. The van der Waals surface area contributed by atoms with Gasteiger partial charge in [-0.15, -0.1) is 11.7 Å². The molecule has 0 aliphatic heterocycles. The van der Waals surface area contributed by atoms with E-state index in [4.69, 9.17) is 5.11 Å². The van der Waals surface area contributed by atoms with E-state index in [0.29, 0.717) is 41.4 Å². The zero-order chi connectivity index (χ0) is 26.5. The van der Waals surface area contributed by atoms with Crippen LogP contribution in [0.1, 0.15) is 36.7 Å². The number of anilines is 2. The molecule has 0 atom stereocenters. The van der Waals surface area contributed by atoms with Crippen molar-refractivity contribution >= 4 is 29.3 Å². The van der Waals surface area contributed by atoms with Gasteiger partial charge in [0.25, 0.3) is 5.91 Å². The number of carbonyl (C=O) groups excluding carboxylic acids is 2. The van der Waals surface area contributed by atoms with Crippen LogP contribution in [0.5, 0.6) is 0 Å². The first-order chi connectivity index (χ1) is 17.5. The molecule has 194 valence electrons. The number of amides is 1. The van der Waals surface area contributed by atoms with Crippen molar-refractivity contribution < 1.29 is 14.7 Å². The molecule has 0 bridgehead atoms. The molecule has 0 aromatic carbocycles. The smallest absolute Gasteiger partial charge is 0.271 e. The van der Waals surface area contributed by atoms with Crippen molar-refractivity contribution in [3.8, 4) is 0 Å². The number of aromatic nitrogens is 3. The molecule has 1 saturated carbocycles. The third-order valence-electron chi connectivity index (χ3n) is 5.48. The summed E-state index contributed by atoms with van der Waals surface area (Å²) in [5, 5.41) is 23.8. The van der Waals surface area contributed by atoms with Gasteiger partial charge in [-0.3, -0.25) is 9.59 Å². The summed E-state index contributed by atoms with van der Waals surface area (Å²) in [5.41, 5.74) is 1.84. The van der Waals surface area contributed by atoms with Gasteiger partial charge in [0.2, 0.25) is 0 Å². The van der Waals surface area contributed by atoms with Crippen molar-refractivity contribution in [1.29, 1.82) is 0 Å². The SMILES string of the molecule is C=CCN/C(=C\C)N(C)/C=C\C=C(/C=O)Nc1cc(NC)c2ncc(C(=O)NC3CCC3)n2n1.CO. The van der Waals surface area contributed by atoms with Crippen LogP contribution in [0.4, 0.5) is 11.5 Å². The lowest BCUT2D eigenvalue weighted by Crippen LogP contribution is -2.40. The molecule has 0 unspecified atom stereocenters. The molecule has 11 heteroatoms. The lowest BCUT2D eigenvalue weighted by molar-refractivity contribution is -0.104. The largest absolute Gasteiger partial charge is 0.400 e. The molecular weight excluding hydrogens is 460 g/mol. The second kappa shape index (κ2) is 14.3. The second-order valence-corrected chi connectivity index (χ2v) is 7.83. The Balaban J connectivity index is 0.00000222. The van der Waals surface area contributed by atoms with Gasteiger partial charge in [-0.25, -0.2) is 9.50 Å². The van der Waals surface area contributed by atoms with E-state index in [9.17, 15) is 9.59 Å². The van der Waals surface area contributed by atoms with Crippen molar-refractivity contribution in [3.63, 3.8) is 0 Å². The average Bonchev–Trinajstić information content (AvgIpc) is 3.30. The summed E-state index contributed by atoms with van der Waals surface area (Å²) >= 11 is 0. The van der Waals surface area contributed by atoms with Crippen molar-refractivity contribution in [1.82, 2.24) is 30.1 Å². The average molecular weight is 497 g/mol. The zero-order valence-corrected chi connectivity index (χ0v) is 21.3. The van der Waals surface area contributed by atoms with Gasteiger partial charge in [-0.2, -0.15) is 0 Å². The molecule has 1 aliphatic carbocycles. The Hall–Kier alpha value is -4.12. The molecule has 11 nitrogen and oxygen atoms in total. The van der Waals surface area contributed by atoms with Crippen LogP contribution in [-0.2, 0) is 4.79 Å². The summed E-state index contributed by atoms with van der Waals surface area (Å²) in [6.45, 7) is 6.28. The Morgan fingerprint density at radius 3 is 2.69 bits per heavy atom. The summed E-state index contributed by atoms with van der Waals surface area (Å²) in [6, 6.07) is 1.94. The molecule has 0 spiro atoms. The summed E-state index contributed by atoms with van der Waals surface area (Å²) in [6.07, 6.45) is 14.3. The number of allylic oxidation sites excluding steroid dienone is 4. The number of fused-ring (bicyclic) bond motifs is 1. The lowest BCUT2D eigenvalue weighted by atomic mass is 9.93. The molecule has 2 aromatic heterocycles. The fourth-order valence-corrected chi connectivity index (χ4v) is 3.40. The van der Waals surface area contributed by atoms with E-state index < -0.39 is 0 Å². The van der Waals surface area contributed by atoms with E-state index in [0.717, 1.165) is 32.2 Å². The first kappa shape index (κ1) is 28.1. The first-order valence-electron chi connectivity index (χ1n) is 11.7. The number of hydrogen-bond donors (Lipinski definition) is 5. The molecule has 1 amide bonds. The third kappa shape index (κ3) is 7.19. The normalized spacial score (nSPS) is 13.9. The van der Waals surface area contributed by atoms with Gasteiger partial charge >= 0.3 is 0 Å². The number of hydrogen-bond acceptors (Lipinski definition) is 9. The number of nitrogens with zero attached hydrogens (tertiary/aromatic N) is 4. The van der Waals surface area contributed by atoms with E-state index in [1.807, 2.05) is 31.1 Å². The minimum atomic E-state index is -0.217. The van der Waals surface area contributed by atoms with Crippen LogP contribution in [-0.4, -0.2) is 70.6 Å². The van der Waals surface area contributed by atoms with Gasteiger partial charge < -0.3 is 31.3 Å². The van der Waals surface area contributed by atoms with E-state index in [1.54, 1.807) is 31.3 Å². The number of carbonyl (C=O) groups is 2. The quantitative estimate of drug-likeness (QED) is 0.130. The molecular formula is C25H36N8O3. The van der Waals surface area contributed by atoms with E-state index in [1.165, 1.54) is 10.7 Å². The summed E-state index contributed by atoms with van der Waals surface area (Å²) in [7, 11) is 4.66. The van der Waals surface area contributed by atoms with Gasteiger partial charge in [-0.05, 0) is 44.4 Å². The first-order valence-corrected chi connectivity index (χ1v) is 11.7. The van der Waals surface area contributed by atoms with E-state index >= 15 is 0 Å². The molecule has 1 fully saturated rings. The van der Waals surface area contributed by atoms with Crippen LogP contribution in [0.15, 0.2) is 60.9 Å². The maximum absolute atomic E-state index is 12.7. The highest BCUT2D eigenvalue weighted by Gasteiger charge is 2.23. The van der Waals surface area contributed by atoms with Gasteiger partial charge in [0.05, 0.1) is 17.6 Å². The standard InChI is InChI=1S/C24H32N8O2.CH4O/c1-5-12-26-22(6-2)31(4)13-8-11-18(16-33)28-21-14-19(25-3)23-27-15-20(32(23)30-21)24(34)29-17-9-7-10-17;1-2/h5-6,8,11,13-17,25-26H,1,7,9-10,12H2,2-4H3,(H,28,30)(H,29,34);2H,1H3/b13-8-,18-11+,22-6+;. The maximum atomic E-state index is 12.7. The fraction of sp³-hybridized carbons (Fsp3) is 0.360. The van der Waals surface area contributed by atoms with Crippen LogP contribution < -0.4 is 21.3 Å². The Kier molecular flexibility index (Phi) is 11.2. The van der Waals surface area contributed by atoms with Crippen LogP contribution in [0.2, 0.25) is 0 Å². The minimum absolute atomic E-state index is 0.202. The number of nitrogens with one attached hydrogen (secondary N) is 4. The summed E-state index contributed by atoms with van der Waals surface area (Å²) in [5.74, 6) is 1.09. The van der Waals surface area contributed by atoms with E-state index in [-0.39, 0.29) is 11.9 Å². The highest BCUT2D eigenvalue weighted by atomic mass is 16.2. The Morgan fingerprint density at radius 2 is 2.11 bits per heavy atom. The number of aldehydes is 1. The number of rotatable bonds is 12. The van der Waals surface area contributed by atoms with E-state index in [2.05, 4.69) is 37.9 Å². The zero-order valence-electron chi connectivity index (χ0n) is 21.3. The predicted octanol–water partition coefficient (Wildman–Crippen LogP) is 2.24. The summed E-state index contributed by atoms with van der Waals surface area (Å²) in [4.78, 5) is 30.6. The number of aliphatic hydroxyl groups excluding tert-OH is 1. The van der Waals surface area contributed by atoms with Gasteiger partial charge in [0, 0.05) is 46.1 Å². The Bertz CT molecular complexity index is 1130. The third-order valence-corrected chi connectivity index (χ3v) is 5.48. The van der Waals surface area contributed by atoms with Crippen LogP contribution in [0.25, 0.3) is 5.65 Å². The Morgan fingerprint density at radius 1 is 1.36 bits per heavy atom. The van der Waals surface area contributed by atoms with Crippen molar-refractivity contribution in [2.24, 2.45) is 0 Å². The molecule has 2 heterocycles. The predicted molar refractivity (Wildman–Crippen MR) is 142 cm³/mol. The second-order valence-electron chi connectivity index (χ2n) is 7.83. The van der Waals surface area contributed by atoms with Gasteiger partial charge in [-0.1, -0.05) is 6.08 Å². The maximum Gasteiger partial charge on any atom is 0.271 e. The molecule has 3 rings (SSSR count). The van der Waals surface area contributed by atoms with Gasteiger partial charge in [0.15, 0.2) is 23.4 Å². The molecule has 2 aromatic rings. The molecule has 1 aliphatic rings. The summed E-state index contributed by atoms with van der Waals surface area (Å²) < 4.78 is 1.48. The monoisotopic (exact) mass is 496 g/mol. The number of imidazole rings is 1. The van der Waals surface area contributed by atoms with Gasteiger partial charge in [0.1, 0.15) is 5.82 Å². The lowest BCUT2D eigenvalue weighted by Gasteiger charge is -2.26. The Labute approximate surface area is 211 Å². The van der Waals surface area contributed by atoms with Crippen LogP contribution in [0, 0.1) is 0 Å². The molecule has 0 saturated heterocycles. The fourth-order valence-electron chi connectivity index (χ4n) is 3.40. The topological polar surface area (TPSA) is 136 Å². The highest BCUT2D eigenvalue weighted by Crippen LogP contribution is 2.22. The molecule has 0 radical (unpaired) electrons. The van der Waals surface area contributed by atoms with Crippen LogP contribution in [0.3, 0.4) is 0 Å². The molecule has 36 heavy (non-hydrogen) atoms. The minimum Gasteiger partial charge on any atom is -0.400 e. The number of aliphatic hydroxyl groups is 1. The van der Waals surface area contributed by atoms with Crippen LogP contribution >= 0.6 is 0 Å².